The molecule has 2 unspecified atom stereocenters. The first-order valence-corrected chi connectivity index (χ1v) is 9.25. The smallest absolute Gasteiger partial charge is 0.252 e. The van der Waals surface area contributed by atoms with Crippen LogP contribution < -0.4 is 10.2 Å². The number of aliphatic hydroxyl groups excluding tert-OH is 1. The summed E-state index contributed by atoms with van der Waals surface area (Å²) in [6.07, 6.45) is 3.90. The van der Waals surface area contributed by atoms with Crippen LogP contribution in [-0.4, -0.2) is 41.2 Å². The quantitative estimate of drug-likeness (QED) is 0.899. The molecule has 1 saturated carbocycles. The Hall–Kier alpha value is -2.14. The molecule has 0 spiro atoms. The Balaban J connectivity index is 1.70. The van der Waals surface area contributed by atoms with Crippen LogP contribution in [0.3, 0.4) is 0 Å². The van der Waals surface area contributed by atoms with Crippen molar-refractivity contribution in [3.05, 3.63) is 35.9 Å². The molecule has 2 aliphatic rings. The van der Waals surface area contributed by atoms with Crippen LogP contribution in [0.15, 0.2) is 30.3 Å². The topological polar surface area (TPSA) is 65.5 Å². The standard InChI is InChI=1S/C20H25N3O2/c1-13(24)14-5-4-10-23(12-14)19-11-17(20(25)21-15-8-9-15)16-6-2-3-7-18(16)22-19/h2-3,6-7,11,13-15,24H,4-5,8-10,12H2,1H3,(H,21,25). The second kappa shape index (κ2) is 6.64. The normalized spacial score (nSPS) is 22.0. The second-order valence-electron chi connectivity index (χ2n) is 7.38. The van der Waals surface area contributed by atoms with Crippen molar-refractivity contribution in [1.82, 2.24) is 10.3 Å². The van der Waals surface area contributed by atoms with Gasteiger partial charge in [0, 0.05) is 30.4 Å². The molecular weight excluding hydrogens is 314 g/mol. The predicted molar refractivity (Wildman–Crippen MR) is 98.8 cm³/mol. The van der Waals surface area contributed by atoms with E-state index in [1.54, 1.807) is 0 Å². The molecule has 1 aromatic carbocycles. The lowest BCUT2D eigenvalue weighted by molar-refractivity contribution is 0.0952. The summed E-state index contributed by atoms with van der Waals surface area (Å²) >= 11 is 0. The highest BCUT2D eigenvalue weighted by molar-refractivity contribution is 6.07. The first kappa shape index (κ1) is 16.3. The number of pyridine rings is 1. The lowest BCUT2D eigenvalue weighted by Crippen LogP contribution is -2.40. The molecule has 2 N–H and O–H groups in total. The highest BCUT2D eigenvalue weighted by Gasteiger charge is 2.27. The number of carbonyl (C=O) groups is 1. The van der Waals surface area contributed by atoms with E-state index in [0.29, 0.717) is 11.6 Å². The Morgan fingerprint density at radius 2 is 2.12 bits per heavy atom. The van der Waals surface area contributed by atoms with Crippen molar-refractivity contribution >= 4 is 22.6 Å². The van der Waals surface area contributed by atoms with Crippen molar-refractivity contribution in [3.8, 4) is 0 Å². The number of para-hydroxylation sites is 1. The average molecular weight is 339 g/mol. The average Bonchev–Trinajstić information content (AvgIpc) is 3.44. The van der Waals surface area contributed by atoms with Crippen molar-refractivity contribution in [2.24, 2.45) is 5.92 Å². The molecule has 2 atom stereocenters. The van der Waals surface area contributed by atoms with Crippen LogP contribution in [0.5, 0.6) is 0 Å². The van der Waals surface area contributed by atoms with E-state index in [-0.39, 0.29) is 17.9 Å². The fourth-order valence-electron chi connectivity index (χ4n) is 3.61. The fraction of sp³-hybridized carbons (Fsp3) is 0.500. The molecular formula is C20H25N3O2. The number of benzene rings is 1. The molecule has 0 bridgehead atoms. The number of rotatable bonds is 4. The van der Waals surface area contributed by atoms with Gasteiger partial charge in [-0.3, -0.25) is 4.79 Å². The van der Waals surface area contributed by atoms with E-state index >= 15 is 0 Å². The Kier molecular flexibility index (Phi) is 4.34. The SMILES string of the molecule is CC(O)C1CCCN(c2cc(C(=O)NC3CC3)c3ccccc3n2)C1. The summed E-state index contributed by atoms with van der Waals surface area (Å²) in [7, 11) is 0. The van der Waals surface area contributed by atoms with Crippen molar-refractivity contribution in [2.45, 2.75) is 44.8 Å². The highest BCUT2D eigenvalue weighted by Crippen LogP contribution is 2.28. The molecule has 1 aromatic heterocycles. The van der Waals surface area contributed by atoms with Crippen LogP contribution in [0.4, 0.5) is 5.82 Å². The van der Waals surface area contributed by atoms with Gasteiger partial charge in [0.2, 0.25) is 0 Å². The van der Waals surface area contributed by atoms with Crippen LogP contribution in [-0.2, 0) is 0 Å². The van der Waals surface area contributed by atoms with E-state index in [1.807, 2.05) is 37.3 Å². The monoisotopic (exact) mass is 339 g/mol. The summed E-state index contributed by atoms with van der Waals surface area (Å²) in [4.78, 5) is 19.7. The maximum atomic E-state index is 12.7. The van der Waals surface area contributed by atoms with Gasteiger partial charge in [0.25, 0.3) is 5.91 Å². The molecule has 132 valence electrons. The number of piperidine rings is 1. The van der Waals surface area contributed by atoms with Crippen LogP contribution in [0, 0.1) is 5.92 Å². The van der Waals surface area contributed by atoms with Gasteiger partial charge in [-0.1, -0.05) is 18.2 Å². The molecule has 5 nitrogen and oxygen atoms in total. The zero-order chi connectivity index (χ0) is 17.4. The summed E-state index contributed by atoms with van der Waals surface area (Å²) in [6.45, 7) is 3.56. The van der Waals surface area contributed by atoms with Crippen LogP contribution in [0.25, 0.3) is 10.9 Å². The molecule has 2 fully saturated rings. The van der Waals surface area contributed by atoms with Gasteiger partial charge in [-0.2, -0.15) is 0 Å². The molecule has 2 aromatic rings. The molecule has 4 rings (SSSR count). The van der Waals surface area contributed by atoms with E-state index in [2.05, 4.69) is 10.2 Å². The number of amides is 1. The van der Waals surface area contributed by atoms with E-state index in [4.69, 9.17) is 4.98 Å². The van der Waals surface area contributed by atoms with Crippen LogP contribution in [0.2, 0.25) is 0 Å². The maximum Gasteiger partial charge on any atom is 0.252 e. The number of aliphatic hydroxyl groups is 1. The zero-order valence-corrected chi connectivity index (χ0v) is 14.6. The zero-order valence-electron chi connectivity index (χ0n) is 14.6. The van der Waals surface area contributed by atoms with E-state index in [0.717, 1.165) is 55.5 Å². The van der Waals surface area contributed by atoms with Gasteiger partial charge < -0.3 is 15.3 Å². The van der Waals surface area contributed by atoms with Gasteiger partial charge in [0.15, 0.2) is 0 Å². The van der Waals surface area contributed by atoms with E-state index in [9.17, 15) is 9.90 Å². The van der Waals surface area contributed by atoms with Crippen molar-refractivity contribution < 1.29 is 9.90 Å². The van der Waals surface area contributed by atoms with E-state index < -0.39 is 0 Å². The number of nitrogens with zero attached hydrogens (tertiary/aromatic N) is 2. The lowest BCUT2D eigenvalue weighted by Gasteiger charge is -2.35. The molecule has 1 aliphatic carbocycles. The minimum atomic E-state index is -0.319. The number of anilines is 1. The minimum Gasteiger partial charge on any atom is -0.393 e. The van der Waals surface area contributed by atoms with Gasteiger partial charge in [0.1, 0.15) is 5.82 Å². The summed E-state index contributed by atoms with van der Waals surface area (Å²) in [5.41, 5.74) is 1.55. The minimum absolute atomic E-state index is 0.00793. The third kappa shape index (κ3) is 3.47. The van der Waals surface area contributed by atoms with Gasteiger partial charge >= 0.3 is 0 Å². The molecule has 1 saturated heterocycles. The summed E-state index contributed by atoms with van der Waals surface area (Å²) in [5.74, 6) is 1.09. The molecule has 1 amide bonds. The van der Waals surface area contributed by atoms with Crippen molar-refractivity contribution in [3.63, 3.8) is 0 Å². The molecule has 2 heterocycles. The number of hydrogen-bond donors (Lipinski definition) is 2. The number of aromatic nitrogens is 1. The Bertz CT molecular complexity index is 786. The summed E-state index contributed by atoms with van der Waals surface area (Å²) < 4.78 is 0. The molecule has 5 heteroatoms. The number of nitrogens with one attached hydrogen (secondary N) is 1. The fourth-order valence-corrected chi connectivity index (χ4v) is 3.61. The lowest BCUT2D eigenvalue weighted by atomic mass is 9.93. The van der Waals surface area contributed by atoms with Gasteiger partial charge in [-0.05, 0) is 44.7 Å². The van der Waals surface area contributed by atoms with Crippen LogP contribution >= 0.6 is 0 Å². The second-order valence-corrected chi connectivity index (χ2v) is 7.38. The van der Waals surface area contributed by atoms with Gasteiger partial charge in [0.05, 0.1) is 17.2 Å². The van der Waals surface area contributed by atoms with E-state index in [1.165, 1.54) is 0 Å². The van der Waals surface area contributed by atoms with Crippen LogP contribution in [0.1, 0.15) is 43.0 Å². The largest absolute Gasteiger partial charge is 0.393 e. The Morgan fingerprint density at radius 3 is 2.88 bits per heavy atom. The number of fused-ring (bicyclic) bond motifs is 1. The van der Waals surface area contributed by atoms with Gasteiger partial charge in [-0.25, -0.2) is 4.98 Å². The van der Waals surface area contributed by atoms with Crippen molar-refractivity contribution in [1.29, 1.82) is 0 Å². The first-order valence-electron chi connectivity index (χ1n) is 9.25. The van der Waals surface area contributed by atoms with Gasteiger partial charge in [-0.15, -0.1) is 0 Å². The number of carbonyl (C=O) groups excluding carboxylic acids is 1. The Labute approximate surface area is 148 Å². The highest BCUT2D eigenvalue weighted by atomic mass is 16.3. The third-order valence-electron chi connectivity index (χ3n) is 5.32. The molecule has 0 radical (unpaired) electrons. The maximum absolute atomic E-state index is 12.7. The Morgan fingerprint density at radius 1 is 1.32 bits per heavy atom. The molecule has 1 aliphatic heterocycles. The summed E-state index contributed by atoms with van der Waals surface area (Å²) in [5, 5.41) is 13.9. The van der Waals surface area contributed by atoms with Crippen molar-refractivity contribution in [2.75, 3.05) is 18.0 Å². The predicted octanol–water partition coefficient (Wildman–Crippen LogP) is 2.72. The summed E-state index contributed by atoms with van der Waals surface area (Å²) in [6, 6.07) is 10.1. The molecule has 25 heavy (non-hydrogen) atoms. The first-order chi connectivity index (χ1) is 12.1. The number of hydrogen-bond acceptors (Lipinski definition) is 4. The third-order valence-corrected chi connectivity index (χ3v) is 5.32.